The van der Waals surface area contributed by atoms with Crippen molar-refractivity contribution in [1.29, 1.82) is 0 Å². The number of nitrogen functional groups attached to an aromatic ring is 1. The van der Waals surface area contributed by atoms with E-state index in [0.29, 0.717) is 17.4 Å². The van der Waals surface area contributed by atoms with Crippen LogP contribution >= 0.6 is 0 Å². The Balaban J connectivity index is 0.000000438. The van der Waals surface area contributed by atoms with E-state index in [9.17, 15) is 18.0 Å². The first-order chi connectivity index (χ1) is 19.4. The quantitative estimate of drug-likeness (QED) is 0.131. The van der Waals surface area contributed by atoms with Gasteiger partial charge in [0.25, 0.3) is 10.0 Å². The average molecular weight is 591 g/mol. The number of fused-ring (bicyclic) bond motifs is 2. The lowest BCUT2D eigenvalue weighted by atomic mass is 9.70. The summed E-state index contributed by atoms with van der Waals surface area (Å²) >= 11 is 0. The molecule has 7 heteroatoms. The normalized spacial score (nSPS) is 21.0. The Kier molecular flexibility index (Phi) is 14.9. The van der Waals surface area contributed by atoms with Crippen LogP contribution in [0.3, 0.4) is 0 Å². The zero-order valence-corrected chi connectivity index (χ0v) is 27.3. The molecule has 0 heterocycles. The topological polar surface area (TPSA) is 106 Å². The summed E-state index contributed by atoms with van der Waals surface area (Å²) in [4.78, 5) is 23.5. The standard InChI is InChI=1S/C24H42N2O3S.C10H16O/c1-2-3-4-5-6-7-8-9-10-11-12-13-14-15-16-17-24(27)26-30(28,29)23-20-18-22(25)19-21-23;1-9(2)7-4-5-10(9,3)8(11)6-7/h18-21H,2-17,25H2,1H3,(H,26,27);7H,4-6H2,1-3H3. The molecular formula is C34H58N2O4S. The summed E-state index contributed by atoms with van der Waals surface area (Å²) in [5.41, 5.74) is 6.35. The van der Waals surface area contributed by atoms with Crippen LogP contribution in [0.1, 0.15) is 150 Å². The van der Waals surface area contributed by atoms with Gasteiger partial charge >= 0.3 is 0 Å². The van der Waals surface area contributed by atoms with Crippen molar-refractivity contribution in [1.82, 2.24) is 4.72 Å². The highest BCUT2D eigenvalue weighted by atomic mass is 32.2. The lowest BCUT2D eigenvalue weighted by Crippen LogP contribution is -2.32. The van der Waals surface area contributed by atoms with E-state index in [1.54, 1.807) is 0 Å². The number of rotatable bonds is 18. The van der Waals surface area contributed by atoms with Gasteiger partial charge in [-0.2, -0.15) is 0 Å². The van der Waals surface area contributed by atoms with Gasteiger partial charge in [0, 0.05) is 23.9 Å². The van der Waals surface area contributed by atoms with E-state index >= 15 is 0 Å². The molecule has 2 saturated carbocycles. The predicted octanol–water partition coefficient (Wildman–Crippen LogP) is 8.74. The van der Waals surface area contributed by atoms with Crippen molar-refractivity contribution < 1.29 is 18.0 Å². The van der Waals surface area contributed by atoms with Crippen LogP contribution in [0, 0.1) is 16.7 Å². The fraction of sp³-hybridized carbons (Fsp3) is 0.765. The molecule has 1 amide bonds. The predicted molar refractivity (Wildman–Crippen MR) is 170 cm³/mol. The van der Waals surface area contributed by atoms with Gasteiger partial charge in [-0.1, -0.05) is 118 Å². The van der Waals surface area contributed by atoms with Crippen LogP contribution < -0.4 is 10.5 Å². The first-order valence-corrected chi connectivity index (χ1v) is 17.9. The summed E-state index contributed by atoms with van der Waals surface area (Å²) < 4.78 is 26.4. The molecule has 2 aliphatic carbocycles. The third kappa shape index (κ3) is 11.0. The Hall–Kier alpha value is -1.89. The molecule has 6 nitrogen and oxygen atoms in total. The maximum atomic E-state index is 12.1. The van der Waals surface area contributed by atoms with Crippen LogP contribution in [0.15, 0.2) is 29.2 Å². The minimum Gasteiger partial charge on any atom is -0.399 e. The summed E-state index contributed by atoms with van der Waals surface area (Å²) in [7, 11) is -3.80. The largest absolute Gasteiger partial charge is 0.399 e. The van der Waals surface area contributed by atoms with Crippen LogP contribution in [-0.4, -0.2) is 20.1 Å². The number of benzene rings is 1. The highest BCUT2D eigenvalue weighted by Gasteiger charge is 2.61. The number of Topliss-reactive ketones (excluding diaryl/α,β-unsaturated/α-hetero) is 1. The fourth-order valence-corrected chi connectivity index (χ4v) is 7.48. The van der Waals surface area contributed by atoms with Crippen molar-refractivity contribution in [2.45, 2.75) is 155 Å². The second-order valence-corrected chi connectivity index (χ2v) is 14.9. The summed E-state index contributed by atoms with van der Waals surface area (Å²) in [5.74, 6) is 0.750. The zero-order chi connectivity index (χ0) is 30.4. The van der Waals surface area contributed by atoms with Crippen LogP contribution in [0.2, 0.25) is 0 Å². The SMILES string of the molecule is CC12CCC(CC1=O)C2(C)C.CCCCCCCCCCCCCCCCCC(=O)NS(=O)(=O)c1ccc(N)cc1. The van der Waals surface area contributed by atoms with Crippen molar-refractivity contribution in [3.8, 4) is 0 Å². The number of sulfonamides is 1. The van der Waals surface area contributed by atoms with Crippen molar-refractivity contribution in [2.75, 3.05) is 5.73 Å². The maximum Gasteiger partial charge on any atom is 0.264 e. The number of hydrogen-bond acceptors (Lipinski definition) is 5. The van der Waals surface area contributed by atoms with Crippen molar-refractivity contribution in [2.24, 2.45) is 16.7 Å². The molecule has 0 radical (unpaired) electrons. The number of carbonyl (C=O) groups excluding carboxylic acids is 2. The van der Waals surface area contributed by atoms with E-state index in [0.717, 1.165) is 32.1 Å². The molecule has 1 aromatic rings. The van der Waals surface area contributed by atoms with E-state index in [2.05, 4.69) is 32.4 Å². The number of amides is 1. The molecule has 3 rings (SSSR count). The number of unbranched alkanes of at least 4 members (excludes halogenated alkanes) is 14. The first kappa shape index (κ1) is 35.3. The van der Waals surface area contributed by atoms with Crippen LogP contribution in [0.4, 0.5) is 5.69 Å². The monoisotopic (exact) mass is 590 g/mol. The molecule has 2 bridgehead atoms. The second-order valence-electron chi connectivity index (χ2n) is 13.2. The van der Waals surface area contributed by atoms with Gasteiger partial charge in [0.1, 0.15) is 5.78 Å². The Morgan fingerprint density at radius 2 is 1.29 bits per heavy atom. The van der Waals surface area contributed by atoms with Gasteiger partial charge in [0.05, 0.1) is 4.90 Å². The number of hydrogen-bond donors (Lipinski definition) is 2. The van der Waals surface area contributed by atoms with Crippen molar-refractivity contribution in [3.05, 3.63) is 24.3 Å². The summed E-state index contributed by atoms with van der Waals surface area (Å²) in [6, 6.07) is 5.82. The third-order valence-electron chi connectivity index (χ3n) is 9.93. The molecule has 234 valence electrons. The van der Waals surface area contributed by atoms with Gasteiger partial charge in [-0.25, -0.2) is 13.1 Å². The second kappa shape index (κ2) is 17.3. The molecule has 2 unspecified atom stereocenters. The summed E-state index contributed by atoms with van der Waals surface area (Å²) in [6.45, 7) is 8.93. The van der Waals surface area contributed by atoms with Gasteiger partial charge in [-0.05, 0) is 54.9 Å². The zero-order valence-electron chi connectivity index (χ0n) is 26.4. The minimum atomic E-state index is -3.80. The molecule has 0 aromatic heterocycles. The molecule has 1 aromatic carbocycles. The fourth-order valence-electron chi connectivity index (χ4n) is 6.47. The third-order valence-corrected chi connectivity index (χ3v) is 11.3. The Morgan fingerprint density at radius 3 is 1.66 bits per heavy atom. The van der Waals surface area contributed by atoms with E-state index in [4.69, 9.17) is 5.73 Å². The molecule has 41 heavy (non-hydrogen) atoms. The van der Waals surface area contributed by atoms with Crippen LogP contribution in [-0.2, 0) is 19.6 Å². The lowest BCUT2D eigenvalue weighted by molar-refractivity contribution is -0.128. The smallest absolute Gasteiger partial charge is 0.264 e. The van der Waals surface area contributed by atoms with Gasteiger partial charge in [-0.15, -0.1) is 0 Å². The lowest BCUT2D eigenvalue weighted by Gasteiger charge is -2.32. The average Bonchev–Trinajstić information content (AvgIpc) is 3.24. The number of anilines is 1. The summed E-state index contributed by atoms with van der Waals surface area (Å²) in [6.07, 6.45) is 22.4. The molecule has 3 N–H and O–H groups in total. The number of ketones is 1. The number of nitrogens with one attached hydrogen (secondary N) is 1. The van der Waals surface area contributed by atoms with Crippen LogP contribution in [0.25, 0.3) is 0 Å². The minimum absolute atomic E-state index is 0.0255. The van der Waals surface area contributed by atoms with E-state index < -0.39 is 15.9 Å². The molecule has 0 spiro atoms. The molecule has 2 fully saturated rings. The molecule has 0 saturated heterocycles. The first-order valence-electron chi connectivity index (χ1n) is 16.4. The molecular weight excluding hydrogens is 532 g/mol. The highest BCUT2D eigenvalue weighted by molar-refractivity contribution is 7.90. The van der Waals surface area contributed by atoms with Crippen molar-refractivity contribution >= 4 is 27.4 Å². The number of carbonyl (C=O) groups is 2. The molecule has 0 aliphatic heterocycles. The van der Waals surface area contributed by atoms with E-state index in [1.807, 2.05) is 0 Å². The molecule has 2 atom stereocenters. The van der Waals surface area contributed by atoms with Crippen molar-refractivity contribution in [3.63, 3.8) is 0 Å². The Labute approximate surface area is 251 Å². The molecule has 2 aliphatic rings. The van der Waals surface area contributed by atoms with Gasteiger partial charge in [-0.3, -0.25) is 9.59 Å². The van der Waals surface area contributed by atoms with Gasteiger partial charge < -0.3 is 5.73 Å². The number of nitrogens with two attached hydrogens (primary N) is 1. The Morgan fingerprint density at radius 1 is 0.829 bits per heavy atom. The van der Waals surface area contributed by atoms with Gasteiger partial charge in [0.15, 0.2) is 0 Å². The summed E-state index contributed by atoms with van der Waals surface area (Å²) in [5, 5.41) is 0. The van der Waals surface area contributed by atoms with Gasteiger partial charge in [0.2, 0.25) is 5.91 Å². The highest BCUT2D eigenvalue weighted by Crippen LogP contribution is 2.63. The Bertz CT molecular complexity index is 1040. The van der Waals surface area contributed by atoms with E-state index in [-0.39, 0.29) is 22.1 Å². The van der Waals surface area contributed by atoms with Crippen LogP contribution in [0.5, 0.6) is 0 Å². The maximum absolute atomic E-state index is 12.1. The van der Waals surface area contributed by atoms with E-state index in [1.165, 1.54) is 108 Å².